The summed E-state index contributed by atoms with van der Waals surface area (Å²) >= 11 is 0. The Kier molecular flexibility index (Phi) is 2.92. The molecule has 6 heteroatoms. The monoisotopic (exact) mass is 255 g/mol. The summed E-state index contributed by atoms with van der Waals surface area (Å²) < 4.78 is 25.3. The molecule has 1 heterocycles. The zero-order valence-corrected chi connectivity index (χ0v) is 10.1. The topological polar surface area (TPSA) is 74.7 Å². The van der Waals surface area contributed by atoms with E-state index in [2.05, 4.69) is 0 Å². The van der Waals surface area contributed by atoms with Gasteiger partial charge in [-0.15, -0.1) is 0 Å². The highest BCUT2D eigenvalue weighted by molar-refractivity contribution is 7.89. The van der Waals surface area contributed by atoms with E-state index in [1.807, 2.05) is 13.0 Å². The average molecular weight is 255 g/mol. The van der Waals surface area contributed by atoms with Gasteiger partial charge in [0, 0.05) is 13.1 Å². The van der Waals surface area contributed by atoms with E-state index in [4.69, 9.17) is 5.11 Å². The summed E-state index contributed by atoms with van der Waals surface area (Å²) in [4.78, 5) is 10.8. The van der Waals surface area contributed by atoms with Gasteiger partial charge in [-0.2, -0.15) is 4.31 Å². The van der Waals surface area contributed by atoms with Gasteiger partial charge in [-0.05, 0) is 24.6 Å². The molecule has 0 bridgehead atoms. The van der Waals surface area contributed by atoms with Crippen molar-refractivity contribution < 1.29 is 18.3 Å². The lowest BCUT2D eigenvalue weighted by Gasteiger charge is -2.35. The van der Waals surface area contributed by atoms with Crippen molar-refractivity contribution >= 4 is 16.0 Å². The van der Waals surface area contributed by atoms with E-state index in [0.717, 1.165) is 5.56 Å². The molecule has 0 aromatic heterocycles. The van der Waals surface area contributed by atoms with Gasteiger partial charge in [0.15, 0.2) is 0 Å². The highest BCUT2D eigenvalue weighted by atomic mass is 32.2. The third-order valence-corrected chi connectivity index (χ3v) is 4.65. The van der Waals surface area contributed by atoms with Crippen LogP contribution in [-0.2, 0) is 14.8 Å². The van der Waals surface area contributed by atoms with Crippen molar-refractivity contribution in [3.63, 3.8) is 0 Å². The second kappa shape index (κ2) is 4.12. The standard InChI is InChI=1S/C11H13NO4S/c1-8-3-2-4-10(5-8)17(15,16)12-6-9(7-12)11(13)14/h2-5,9H,6-7H2,1H3,(H,13,14). The van der Waals surface area contributed by atoms with Crippen LogP contribution in [0.15, 0.2) is 29.2 Å². The predicted octanol–water partition coefficient (Wildman–Crippen LogP) is 0.700. The molecule has 1 aromatic carbocycles. The first-order valence-electron chi connectivity index (χ1n) is 5.21. The van der Waals surface area contributed by atoms with Gasteiger partial charge < -0.3 is 5.11 Å². The maximum Gasteiger partial charge on any atom is 0.309 e. The Morgan fingerprint density at radius 2 is 2.06 bits per heavy atom. The van der Waals surface area contributed by atoms with Gasteiger partial charge in [-0.3, -0.25) is 4.79 Å². The van der Waals surface area contributed by atoms with Gasteiger partial charge in [0.2, 0.25) is 10.0 Å². The summed E-state index contributed by atoms with van der Waals surface area (Å²) in [7, 11) is -3.52. The van der Waals surface area contributed by atoms with E-state index in [1.54, 1.807) is 12.1 Å². The molecule has 0 saturated carbocycles. The summed E-state index contributed by atoms with van der Waals surface area (Å²) in [6, 6.07) is 6.60. The minimum absolute atomic E-state index is 0.0611. The van der Waals surface area contributed by atoms with Crippen molar-refractivity contribution in [2.24, 2.45) is 5.92 Å². The number of carboxylic acid groups (broad SMARTS) is 1. The van der Waals surface area contributed by atoms with Gasteiger partial charge in [0.25, 0.3) is 0 Å². The Balaban J connectivity index is 2.19. The molecule has 2 rings (SSSR count). The molecule has 0 unspecified atom stereocenters. The third kappa shape index (κ3) is 2.18. The minimum atomic E-state index is -3.52. The Bertz CT molecular complexity index is 546. The van der Waals surface area contributed by atoms with E-state index < -0.39 is 21.9 Å². The molecule has 1 N–H and O–H groups in total. The van der Waals surface area contributed by atoms with Crippen molar-refractivity contribution in [3.8, 4) is 0 Å². The van der Waals surface area contributed by atoms with Crippen molar-refractivity contribution in [1.82, 2.24) is 4.31 Å². The van der Waals surface area contributed by atoms with Gasteiger partial charge in [-0.1, -0.05) is 12.1 Å². The van der Waals surface area contributed by atoms with Crippen LogP contribution in [0, 0.1) is 12.8 Å². The maximum absolute atomic E-state index is 12.1. The fraction of sp³-hybridized carbons (Fsp3) is 0.364. The number of hydrogen-bond acceptors (Lipinski definition) is 3. The second-order valence-corrected chi connectivity index (χ2v) is 6.11. The predicted molar refractivity (Wildman–Crippen MR) is 61.1 cm³/mol. The zero-order chi connectivity index (χ0) is 12.6. The Labute approximate surface area is 99.7 Å². The lowest BCUT2D eigenvalue weighted by atomic mass is 10.0. The molecule has 1 aliphatic rings. The Morgan fingerprint density at radius 1 is 1.41 bits per heavy atom. The number of sulfonamides is 1. The highest BCUT2D eigenvalue weighted by Gasteiger charge is 2.40. The molecule has 5 nitrogen and oxygen atoms in total. The van der Waals surface area contributed by atoms with Crippen molar-refractivity contribution in [2.75, 3.05) is 13.1 Å². The molecule has 92 valence electrons. The first kappa shape index (κ1) is 12.1. The Morgan fingerprint density at radius 3 is 2.59 bits per heavy atom. The van der Waals surface area contributed by atoms with E-state index in [-0.39, 0.29) is 18.0 Å². The van der Waals surface area contributed by atoms with E-state index in [1.165, 1.54) is 10.4 Å². The van der Waals surface area contributed by atoms with E-state index >= 15 is 0 Å². The number of carboxylic acids is 1. The van der Waals surface area contributed by atoms with Crippen molar-refractivity contribution in [3.05, 3.63) is 29.8 Å². The number of aryl methyl sites for hydroxylation is 1. The normalized spacial score (nSPS) is 17.7. The number of carbonyl (C=O) groups is 1. The zero-order valence-electron chi connectivity index (χ0n) is 9.33. The van der Waals surface area contributed by atoms with Crippen molar-refractivity contribution in [2.45, 2.75) is 11.8 Å². The average Bonchev–Trinajstić information content (AvgIpc) is 2.13. The molecule has 17 heavy (non-hydrogen) atoms. The lowest BCUT2D eigenvalue weighted by molar-refractivity contribution is -0.145. The van der Waals surface area contributed by atoms with Gasteiger partial charge in [0.1, 0.15) is 0 Å². The van der Waals surface area contributed by atoms with Crippen LogP contribution in [0.1, 0.15) is 5.56 Å². The molecular formula is C11H13NO4S. The van der Waals surface area contributed by atoms with Gasteiger partial charge in [-0.25, -0.2) is 8.42 Å². The highest BCUT2D eigenvalue weighted by Crippen LogP contribution is 2.25. The molecule has 0 amide bonds. The minimum Gasteiger partial charge on any atom is -0.481 e. The second-order valence-electron chi connectivity index (χ2n) is 4.17. The quantitative estimate of drug-likeness (QED) is 0.862. The summed E-state index contributed by atoms with van der Waals surface area (Å²) in [6.45, 7) is 1.94. The summed E-state index contributed by atoms with van der Waals surface area (Å²) in [6.07, 6.45) is 0. The first-order chi connectivity index (χ1) is 7.91. The number of aliphatic carboxylic acids is 1. The number of benzene rings is 1. The van der Waals surface area contributed by atoms with Crippen LogP contribution in [0.5, 0.6) is 0 Å². The molecular weight excluding hydrogens is 242 g/mol. The molecule has 0 aliphatic carbocycles. The fourth-order valence-electron chi connectivity index (χ4n) is 1.72. The number of nitrogens with zero attached hydrogens (tertiary/aromatic N) is 1. The fourth-order valence-corrected chi connectivity index (χ4v) is 3.35. The SMILES string of the molecule is Cc1cccc(S(=O)(=O)N2CC(C(=O)O)C2)c1. The van der Waals surface area contributed by atoms with Crippen LogP contribution in [0.3, 0.4) is 0 Å². The summed E-state index contributed by atoms with van der Waals surface area (Å²) in [5.41, 5.74) is 0.862. The van der Waals surface area contributed by atoms with E-state index in [0.29, 0.717) is 0 Å². The molecule has 1 aromatic rings. The smallest absolute Gasteiger partial charge is 0.309 e. The number of rotatable bonds is 3. The number of hydrogen-bond donors (Lipinski definition) is 1. The molecule has 1 fully saturated rings. The van der Waals surface area contributed by atoms with Crippen LogP contribution in [0.4, 0.5) is 0 Å². The summed E-state index contributed by atoms with van der Waals surface area (Å²) in [5, 5.41) is 8.71. The molecule has 1 aliphatic heterocycles. The van der Waals surface area contributed by atoms with Crippen LogP contribution < -0.4 is 0 Å². The third-order valence-electron chi connectivity index (χ3n) is 2.82. The van der Waals surface area contributed by atoms with E-state index in [9.17, 15) is 13.2 Å². The molecule has 0 spiro atoms. The molecule has 0 atom stereocenters. The van der Waals surface area contributed by atoms with Crippen LogP contribution in [0.25, 0.3) is 0 Å². The van der Waals surface area contributed by atoms with Crippen LogP contribution in [-0.4, -0.2) is 36.9 Å². The van der Waals surface area contributed by atoms with Crippen LogP contribution >= 0.6 is 0 Å². The van der Waals surface area contributed by atoms with Crippen molar-refractivity contribution in [1.29, 1.82) is 0 Å². The first-order valence-corrected chi connectivity index (χ1v) is 6.65. The Hall–Kier alpha value is -1.40. The maximum atomic E-state index is 12.1. The molecule has 1 saturated heterocycles. The van der Waals surface area contributed by atoms with Gasteiger partial charge >= 0.3 is 5.97 Å². The lowest BCUT2D eigenvalue weighted by Crippen LogP contribution is -2.52. The largest absolute Gasteiger partial charge is 0.481 e. The van der Waals surface area contributed by atoms with Crippen LogP contribution in [0.2, 0.25) is 0 Å². The molecule has 0 radical (unpaired) electrons. The summed E-state index contributed by atoms with van der Waals surface area (Å²) in [5.74, 6) is -1.52. The van der Waals surface area contributed by atoms with Gasteiger partial charge in [0.05, 0.1) is 10.8 Å².